The van der Waals surface area contributed by atoms with E-state index in [2.05, 4.69) is 0 Å². The average molecular weight is 198 g/mol. The maximum Gasteiger partial charge on any atom is 0.156 e. The smallest absolute Gasteiger partial charge is 0.156 e. The number of rotatable bonds is 8. The lowest BCUT2D eigenvalue weighted by atomic mass is 10.2. The first-order chi connectivity index (χ1) is 6.85. The van der Waals surface area contributed by atoms with Gasteiger partial charge in [0, 0.05) is 14.2 Å². The van der Waals surface area contributed by atoms with Crippen molar-refractivity contribution in [2.45, 2.75) is 25.6 Å². The van der Waals surface area contributed by atoms with Gasteiger partial charge in [-0.3, -0.25) is 4.79 Å². The molecule has 0 spiro atoms. The van der Waals surface area contributed by atoms with Crippen molar-refractivity contribution in [3.63, 3.8) is 0 Å². The van der Waals surface area contributed by atoms with E-state index >= 15 is 0 Å². The maximum atomic E-state index is 9.91. The average Bonchev–Trinajstić information content (AvgIpc) is 2.22. The lowest BCUT2D eigenvalue weighted by Crippen LogP contribution is -2.12. The zero-order chi connectivity index (χ0) is 10.6. The third kappa shape index (κ3) is 7.71. The zero-order valence-electron chi connectivity index (χ0n) is 8.81. The molecule has 80 valence electrons. The molecule has 0 unspecified atom stereocenters. The van der Waals surface area contributed by atoms with Gasteiger partial charge in [-0.05, 0) is 25.3 Å². The Morgan fingerprint density at radius 1 is 1.14 bits per heavy atom. The van der Waals surface area contributed by atoms with E-state index in [0.717, 1.165) is 25.5 Å². The van der Waals surface area contributed by atoms with Gasteiger partial charge in [0.05, 0.1) is 0 Å². The summed E-state index contributed by atoms with van der Waals surface area (Å²) in [6.07, 6.45) is 10.6. The van der Waals surface area contributed by atoms with Crippen LogP contribution in [0.25, 0.3) is 0 Å². The van der Waals surface area contributed by atoms with Crippen molar-refractivity contribution in [1.29, 1.82) is 0 Å². The molecule has 0 atom stereocenters. The Hall–Kier alpha value is -0.930. The number of aldehydes is 1. The van der Waals surface area contributed by atoms with Crippen LogP contribution in [0.1, 0.15) is 19.3 Å². The van der Waals surface area contributed by atoms with Crippen LogP contribution in [-0.2, 0) is 14.3 Å². The summed E-state index contributed by atoms with van der Waals surface area (Å²) in [5.74, 6) is 0. The van der Waals surface area contributed by atoms with E-state index < -0.39 is 0 Å². The second-order valence-electron chi connectivity index (χ2n) is 2.78. The predicted molar refractivity (Wildman–Crippen MR) is 56.0 cm³/mol. The molecule has 0 radical (unpaired) electrons. The second-order valence-corrected chi connectivity index (χ2v) is 2.78. The summed E-state index contributed by atoms with van der Waals surface area (Å²) in [5, 5.41) is 0. The fourth-order valence-corrected chi connectivity index (χ4v) is 1.02. The number of hydrogen-bond acceptors (Lipinski definition) is 3. The second kappa shape index (κ2) is 10.2. The summed E-state index contributed by atoms with van der Waals surface area (Å²) in [7, 11) is 3.27. The molecule has 0 rings (SSSR count). The number of methoxy groups -OCH3 is 2. The molecule has 0 bridgehead atoms. The standard InChI is InChI=1S/C11H18O3/c1-13-11(14-2)9-7-5-3-4-6-8-10-12/h3-4,6,8,10-11H,5,7,9H2,1-2H3. The van der Waals surface area contributed by atoms with Crippen LogP contribution in [0.4, 0.5) is 0 Å². The highest BCUT2D eigenvalue weighted by Crippen LogP contribution is 2.04. The molecule has 0 aliphatic carbocycles. The minimum Gasteiger partial charge on any atom is -0.356 e. The van der Waals surface area contributed by atoms with E-state index in [9.17, 15) is 4.79 Å². The zero-order valence-corrected chi connectivity index (χ0v) is 8.81. The van der Waals surface area contributed by atoms with Gasteiger partial charge in [-0.1, -0.05) is 18.2 Å². The molecule has 0 aliphatic heterocycles. The van der Waals surface area contributed by atoms with E-state index in [1.54, 1.807) is 20.3 Å². The fraction of sp³-hybridized carbons (Fsp3) is 0.545. The van der Waals surface area contributed by atoms with Gasteiger partial charge in [0.2, 0.25) is 0 Å². The molecule has 14 heavy (non-hydrogen) atoms. The van der Waals surface area contributed by atoms with E-state index in [-0.39, 0.29) is 6.29 Å². The lowest BCUT2D eigenvalue weighted by molar-refractivity contribution is -0.106. The highest BCUT2D eigenvalue weighted by atomic mass is 16.7. The van der Waals surface area contributed by atoms with Crippen LogP contribution in [0.15, 0.2) is 24.3 Å². The van der Waals surface area contributed by atoms with Crippen molar-refractivity contribution in [2.24, 2.45) is 0 Å². The van der Waals surface area contributed by atoms with Gasteiger partial charge in [-0.2, -0.15) is 0 Å². The Labute approximate surface area is 85.4 Å². The minimum atomic E-state index is -0.103. The van der Waals surface area contributed by atoms with Crippen LogP contribution in [-0.4, -0.2) is 26.8 Å². The number of carbonyl (C=O) groups is 1. The molecule has 0 aromatic heterocycles. The number of carbonyl (C=O) groups excluding carboxylic acids is 1. The van der Waals surface area contributed by atoms with Gasteiger partial charge >= 0.3 is 0 Å². The summed E-state index contributed by atoms with van der Waals surface area (Å²) in [5.41, 5.74) is 0. The molecule has 0 aromatic carbocycles. The summed E-state index contributed by atoms with van der Waals surface area (Å²) in [4.78, 5) is 9.91. The lowest BCUT2D eigenvalue weighted by Gasteiger charge is -2.11. The monoisotopic (exact) mass is 198 g/mol. The molecule has 0 amide bonds. The van der Waals surface area contributed by atoms with Crippen molar-refractivity contribution in [3.05, 3.63) is 24.3 Å². The quantitative estimate of drug-likeness (QED) is 0.197. The van der Waals surface area contributed by atoms with Crippen LogP contribution < -0.4 is 0 Å². The SMILES string of the molecule is COC(CCCC=CC=CC=O)OC. The molecule has 0 heterocycles. The molecule has 0 aliphatic rings. The Kier molecular flexibility index (Phi) is 9.48. The molecular formula is C11H18O3. The Balaban J connectivity index is 3.40. The van der Waals surface area contributed by atoms with Gasteiger partial charge < -0.3 is 9.47 Å². The summed E-state index contributed by atoms with van der Waals surface area (Å²) in [6.45, 7) is 0. The first-order valence-corrected chi connectivity index (χ1v) is 4.67. The summed E-state index contributed by atoms with van der Waals surface area (Å²) < 4.78 is 10.1. The number of hydrogen-bond donors (Lipinski definition) is 0. The highest BCUT2D eigenvalue weighted by molar-refractivity contribution is 5.65. The van der Waals surface area contributed by atoms with Crippen molar-refractivity contribution in [2.75, 3.05) is 14.2 Å². The molecule has 3 heteroatoms. The molecule has 0 saturated heterocycles. The summed E-state index contributed by atoms with van der Waals surface area (Å²) >= 11 is 0. The first kappa shape index (κ1) is 13.1. The van der Waals surface area contributed by atoms with Gasteiger partial charge in [-0.15, -0.1) is 0 Å². The Bertz CT molecular complexity index is 181. The van der Waals surface area contributed by atoms with Crippen LogP contribution >= 0.6 is 0 Å². The van der Waals surface area contributed by atoms with Gasteiger partial charge in [0.25, 0.3) is 0 Å². The van der Waals surface area contributed by atoms with Crippen LogP contribution in [0.5, 0.6) is 0 Å². The van der Waals surface area contributed by atoms with Crippen LogP contribution in [0, 0.1) is 0 Å². The van der Waals surface area contributed by atoms with Gasteiger partial charge in [0.1, 0.15) is 6.29 Å². The molecule has 0 fully saturated rings. The third-order valence-electron chi connectivity index (χ3n) is 1.77. The number of allylic oxidation sites excluding steroid dienone is 4. The Morgan fingerprint density at radius 3 is 2.43 bits per heavy atom. The van der Waals surface area contributed by atoms with Crippen molar-refractivity contribution in [1.82, 2.24) is 0 Å². The number of unbranched alkanes of at least 4 members (excludes halogenated alkanes) is 1. The van der Waals surface area contributed by atoms with Crippen molar-refractivity contribution < 1.29 is 14.3 Å². The molecule has 0 aromatic rings. The van der Waals surface area contributed by atoms with Crippen molar-refractivity contribution in [3.8, 4) is 0 Å². The molecule has 3 nitrogen and oxygen atoms in total. The highest BCUT2D eigenvalue weighted by Gasteiger charge is 2.02. The first-order valence-electron chi connectivity index (χ1n) is 4.67. The van der Waals surface area contributed by atoms with E-state index in [0.29, 0.717) is 0 Å². The maximum absolute atomic E-state index is 9.91. The van der Waals surface area contributed by atoms with Gasteiger partial charge in [-0.25, -0.2) is 0 Å². The van der Waals surface area contributed by atoms with E-state index in [4.69, 9.17) is 9.47 Å². The molecular weight excluding hydrogens is 180 g/mol. The fourth-order valence-electron chi connectivity index (χ4n) is 1.02. The Morgan fingerprint density at radius 2 is 1.86 bits per heavy atom. The van der Waals surface area contributed by atoms with Gasteiger partial charge in [0.15, 0.2) is 6.29 Å². The van der Waals surface area contributed by atoms with Crippen LogP contribution in [0.3, 0.4) is 0 Å². The molecule has 0 saturated carbocycles. The van der Waals surface area contributed by atoms with Crippen LogP contribution in [0.2, 0.25) is 0 Å². The van der Waals surface area contributed by atoms with E-state index in [1.165, 1.54) is 6.08 Å². The molecule has 0 N–H and O–H groups in total. The number of ether oxygens (including phenoxy) is 2. The normalized spacial score (nSPS) is 11.9. The predicted octanol–water partition coefficient (Wildman–Crippen LogP) is 2.09. The topological polar surface area (TPSA) is 35.5 Å². The van der Waals surface area contributed by atoms with E-state index in [1.807, 2.05) is 12.2 Å². The largest absolute Gasteiger partial charge is 0.356 e. The minimum absolute atomic E-state index is 0.103. The summed E-state index contributed by atoms with van der Waals surface area (Å²) in [6, 6.07) is 0. The van der Waals surface area contributed by atoms with Crippen molar-refractivity contribution >= 4 is 6.29 Å². The third-order valence-corrected chi connectivity index (χ3v) is 1.77.